The van der Waals surface area contributed by atoms with Crippen LogP contribution in [0.2, 0.25) is 0 Å². The molecule has 282 valence electrons. The molecule has 2 aliphatic heterocycles. The highest BCUT2D eigenvalue weighted by atomic mass is 16.6. The van der Waals surface area contributed by atoms with Crippen LogP contribution in [0.3, 0.4) is 0 Å². The van der Waals surface area contributed by atoms with Crippen molar-refractivity contribution >= 4 is 23.6 Å². The summed E-state index contributed by atoms with van der Waals surface area (Å²) in [7, 11) is 0. The number of pyridine rings is 2. The smallest absolute Gasteiger partial charge is 0.314 e. The Morgan fingerprint density at radius 3 is 1.89 bits per heavy atom. The molecular formula is C40H52N8O5. The molecule has 0 unspecified atom stereocenters. The Kier molecular flexibility index (Phi) is 10.9. The Hall–Kier alpha value is -4.68. The second-order valence-electron chi connectivity index (χ2n) is 16.2. The number of hydrogen-bond donors (Lipinski definition) is 2. The van der Waals surface area contributed by atoms with Crippen LogP contribution in [0.1, 0.15) is 122 Å². The topological polar surface area (TPSA) is 171 Å². The van der Waals surface area contributed by atoms with Gasteiger partial charge in [0.25, 0.3) is 0 Å². The molecular weight excluding hydrogens is 672 g/mol. The van der Waals surface area contributed by atoms with E-state index in [1.807, 2.05) is 27.7 Å². The second kappa shape index (κ2) is 15.7. The van der Waals surface area contributed by atoms with Crippen molar-refractivity contribution in [3.8, 4) is 0 Å². The summed E-state index contributed by atoms with van der Waals surface area (Å²) in [6.07, 6.45) is 11.9. The molecule has 6 heterocycles. The minimum absolute atomic E-state index is 0.0419. The van der Waals surface area contributed by atoms with Crippen LogP contribution in [0.25, 0.3) is 0 Å². The molecule has 4 aromatic rings. The molecule has 1 aliphatic carbocycles. The van der Waals surface area contributed by atoms with Crippen molar-refractivity contribution in [3.63, 3.8) is 0 Å². The van der Waals surface area contributed by atoms with Crippen LogP contribution in [0.15, 0.2) is 21.2 Å². The van der Waals surface area contributed by atoms with E-state index in [2.05, 4.69) is 38.1 Å². The van der Waals surface area contributed by atoms with Gasteiger partial charge in [0.15, 0.2) is 11.6 Å². The number of hydrogen-bond acceptors (Lipinski definition) is 13. The third-order valence-corrected chi connectivity index (χ3v) is 11.1. The maximum absolute atomic E-state index is 13.2. The highest BCUT2D eigenvalue weighted by molar-refractivity contribution is 5.86. The van der Waals surface area contributed by atoms with Crippen molar-refractivity contribution in [2.24, 2.45) is 10.8 Å². The van der Waals surface area contributed by atoms with Crippen LogP contribution in [0.5, 0.6) is 0 Å². The Morgan fingerprint density at radius 1 is 0.755 bits per heavy atom. The van der Waals surface area contributed by atoms with Gasteiger partial charge in [0.1, 0.15) is 11.6 Å². The van der Waals surface area contributed by atoms with Crippen LogP contribution in [0.4, 0.5) is 11.6 Å². The first-order valence-electron chi connectivity index (χ1n) is 19.3. The Morgan fingerprint density at radius 2 is 1.30 bits per heavy atom. The van der Waals surface area contributed by atoms with Crippen molar-refractivity contribution in [1.29, 1.82) is 0 Å². The van der Waals surface area contributed by atoms with Crippen molar-refractivity contribution in [2.45, 2.75) is 130 Å². The molecule has 0 aromatic carbocycles. The van der Waals surface area contributed by atoms with Crippen LogP contribution in [-0.4, -0.2) is 55.3 Å². The number of fused-ring (bicyclic) bond motifs is 2. The molecule has 13 nitrogen and oxygen atoms in total. The summed E-state index contributed by atoms with van der Waals surface area (Å²) in [4.78, 5) is 45.0. The van der Waals surface area contributed by atoms with E-state index in [0.29, 0.717) is 49.1 Å². The molecule has 0 saturated heterocycles. The molecule has 0 amide bonds. The molecule has 1 saturated carbocycles. The SMILES string of the molecule is Cc1nc2c(cc1CCc1noc(CC(C)(C)CC(=O)OC(=O)CC3(Cc4nc(CCc5cc6c(nc5C)NCCC6)no4)CCCC3)n1)CCCN2. The molecule has 2 N–H and O–H groups in total. The van der Waals surface area contributed by atoms with E-state index in [4.69, 9.17) is 28.7 Å². The quantitative estimate of drug-likeness (QED) is 0.109. The lowest BCUT2D eigenvalue weighted by Crippen LogP contribution is -2.28. The van der Waals surface area contributed by atoms with Gasteiger partial charge in [-0.3, -0.25) is 9.59 Å². The van der Waals surface area contributed by atoms with E-state index in [-0.39, 0.29) is 18.3 Å². The van der Waals surface area contributed by atoms with Gasteiger partial charge in [0.2, 0.25) is 11.8 Å². The number of anilines is 2. The van der Waals surface area contributed by atoms with Gasteiger partial charge in [-0.25, -0.2) is 9.97 Å². The van der Waals surface area contributed by atoms with Gasteiger partial charge in [-0.2, -0.15) is 9.97 Å². The molecule has 0 radical (unpaired) electrons. The van der Waals surface area contributed by atoms with Gasteiger partial charge >= 0.3 is 11.9 Å². The number of nitrogens with one attached hydrogen (secondary N) is 2. The summed E-state index contributed by atoms with van der Waals surface area (Å²) in [5, 5.41) is 15.2. The van der Waals surface area contributed by atoms with Gasteiger partial charge < -0.3 is 24.4 Å². The van der Waals surface area contributed by atoms with Gasteiger partial charge in [0.05, 0.1) is 12.8 Å². The van der Waals surface area contributed by atoms with E-state index in [1.54, 1.807) is 0 Å². The molecule has 13 heteroatoms. The van der Waals surface area contributed by atoms with Crippen LogP contribution in [-0.2, 0) is 65.7 Å². The summed E-state index contributed by atoms with van der Waals surface area (Å²) in [6, 6.07) is 4.50. The second-order valence-corrected chi connectivity index (χ2v) is 16.2. The number of aromatic nitrogens is 6. The molecule has 0 atom stereocenters. The fourth-order valence-electron chi connectivity index (χ4n) is 8.20. The molecule has 0 spiro atoms. The van der Waals surface area contributed by atoms with Gasteiger partial charge in [0, 0.05) is 50.2 Å². The maximum Gasteiger partial charge on any atom is 0.314 e. The molecule has 7 rings (SSSR count). The van der Waals surface area contributed by atoms with Crippen molar-refractivity contribution < 1.29 is 23.4 Å². The van der Waals surface area contributed by atoms with Crippen molar-refractivity contribution in [1.82, 2.24) is 30.2 Å². The number of esters is 2. The summed E-state index contributed by atoms with van der Waals surface area (Å²) in [5.74, 6) is 3.19. The summed E-state index contributed by atoms with van der Waals surface area (Å²) < 4.78 is 16.6. The number of carbonyl (C=O) groups is 2. The number of nitrogens with zero attached hydrogens (tertiary/aromatic N) is 6. The molecule has 3 aliphatic rings. The lowest BCUT2D eigenvalue weighted by Gasteiger charge is -2.26. The van der Waals surface area contributed by atoms with Crippen LogP contribution < -0.4 is 10.6 Å². The lowest BCUT2D eigenvalue weighted by atomic mass is 9.79. The van der Waals surface area contributed by atoms with Crippen molar-refractivity contribution in [2.75, 3.05) is 23.7 Å². The van der Waals surface area contributed by atoms with E-state index < -0.39 is 17.4 Å². The zero-order chi connectivity index (χ0) is 37.0. The van der Waals surface area contributed by atoms with Gasteiger partial charge in [-0.05, 0) is 98.3 Å². The number of aryl methyl sites for hydroxylation is 8. The van der Waals surface area contributed by atoms with E-state index >= 15 is 0 Å². The number of rotatable bonds is 14. The zero-order valence-electron chi connectivity index (χ0n) is 31.6. The normalized spacial score (nSPS) is 16.4. The zero-order valence-corrected chi connectivity index (χ0v) is 31.6. The Bertz CT molecular complexity index is 1940. The monoisotopic (exact) mass is 724 g/mol. The van der Waals surface area contributed by atoms with Gasteiger partial charge in [-0.15, -0.1) is 0 Å². The molecule has 4 aromatic heterocycles. The molecule has 53 heavy (non-hydrogen) atoms. The van der Waals surface area contributed by atoms with E-state index in [9.17, 15) is 9.59 Å². The third-order valence-electron chi connectivity index (χ3n) is 11.1. The predicted molar refractivity (Wildman–Crippen MR) is 197 cm³/mol. The largest absolute Gasteiger partial charge is 0.393 e. The molecule has 1 fully saturated rings. The fourth-order valence-corrected chi connectivity index (χ4v) is 8.20. The first-order valence-corrected chi connectivity index (χ1v) is 19.3. The number of carbonyl (C=O) groups excluding carboxylic acids is 2. The lowest BCUT2D eigenvalue weighted by molar-refractivity contribution is -0.162. The fraction of sp³-hybridized carbons (Fsp3) is 0.600. The highest BCUT2D eigenvalue weighted by Crippen LogP contribution is 2.44. The Balaban J connectivity index is 0.879. The third kappa shape index (κ3) is 9.28. The summed E-state index contributed by atoms with van der Waals surface area (Å²) in [6.45, 7) is 9.88. The first-order chi connectivity index (χ1) is 25.5. The summed E-state index contributed by atoms with van der Waals surface area (Å²) >= 11 is 0. The minimum Gasteiger partial charge on any atom is -0.393 e. The van der Waals surface area contributed by atoms with Crippen LogP contribution >= 0.6 is 0 Å². The summed E-state index contributed by atoms with van der Waals surface area (Å²) in [5.41, 5.74) is 6.03. The average molecular weight is 725 g/mol. The average Bonchev–Trinajstić information content (AvgIpc) is 3.88. The predicted octanol–water partition coefficient (Wildman–Crippen LogP) is 6.37. The van der Waals surface area contributed by atoms with Gasteiger partial charge in [-0.1, -0.05) is 49.1 Å². The Labute approximate surface area is 310 Å². The van der Waals surface area contributed by atoms with E-state index in [0.717, 1.165) is 100 Å². The number of ether oxygens (including phenoxy) is 1. The highest BCUT2D eigenvalue weighted by Gasteiger charge is 2.39. The van der Waals surface area contributed by atoms with Crippen molar-refractivity contribution in [3.05, 3.63) is 69.2 Å². The molecule has 0 bridgehead atoms. The van der Waals surface area contributed by atoms with E-state index in [1.165, 1.54) is 22.3 Å². The first kappa shape index (κ1) is 36.7. The van der Waals surface area contributed by atoms with Crippen LogP contribution in [0, 0.1) is 24.7 Å². The maximum atomic E-state index is 13.2. The standard InChI is InChI=1S/C40H52N8O5/c1-25-27(19-29-9-7-17-41-37(29)43-25)11-13-31-45-33(52-47-31)21-39(3,4)23-35(49)51-36(50)24-40(15-5-6-16-40)22-34-46-32(48-53-34)14-12-28-20-30-10-8-18-42-38(30)44-26(28)2/h19-20H,5-18,21-24H2,1-4H3,(H,41,43)(H,42,44). The minimum atomic E-state index is -0.555.